The van der Waals surface area contributed by atoms with Crippen LogP contribution in [0.1, 0.15) is 271 Å². The monoisotopic (exact) mass is 1050 g/mol. The van der Waals surface area contributed by atoms with Crippen LogP contribution in [-0.4, -0.2) is 87.5 Å². The van der Waals surface area contributed by atoms with Crippen LogP contribution < -0.4 is 5.32 Å². The van der Waals surface area contributed by atoms with Crippen LogP contribution in [0.4, 0.5) is 0 Å². The lowest BCUT2D eigenvalue weighted by Gasteiger charge is -2.40. The van der Waals surface area contributed by atoms with Gasteiger partial charge in [-0.1, -0.05) is 279 Å². The molecule has 9 nitrogen and oxygen atoms in total. The fourth-order valence-corrected chi connectivity index (χ4v) is 9.61. The van der Waals surface area contributed by atoms with Crippen LogP contribution in [0, 0.1) is 0 Å². The van der Waals surface area contributed by atoms with E-state index < -0.39 is 49.5 Å². The molecule has 0 aromatic carbocycles. The minimum atomic E-state index is -1.55. The van der Waals surface area contributed by atoms with Crippen molar-refractivity contribution in [2.75, 3.05) is 13.2 Å². The van der Waals surface area contributed by atoms with Crippen molar-refractivity contribution in [1.29, 1.82) is 0 Å². The maximum atomic E-state index is 13.1. The molecule has 0 spiro atoms. The molecule has 1 saturated heterocycles. The molecule has 9 heteroatoms. The number of carbonyl (C=O) groups excluding carboxylic acids is 1. The molecule has 0 bridgehead atoms. The Hall–Kier alpha value is -2.63. The predicted octanol–water partition coefficient (Wildman–Crippen LogP) is 16.2. The van der Waals surface area contributed by atoms with Gasteiger partial charge in [-0.05, 0) is 70.6 Å². The van der Waals surface area contributed by atoms with E-state index in [4.69, 9.17) is 9.47 Å². The molecule has 0 aromatic rings. The number of ether oxygens (including phenoxy) is 2. The molecule has 75 heavy (non-hydrogen) atoms. The van der Waals surface area contributed by atoms with Gasteiger partial charge >= 0.3 is 0 Å². The zero-order chi connectivity index (χ0) is 54.3. The van der Waals surface area contributed by atoms with Gasteiger partial charge in [0.2, 0.25) is 5.91 Å². The van der Waals surface area contributed by atoms with Gasteiger partial charge in [0.1, 0.15) is 24.4 Å². The summed E-state index contributed by atoms with van der Waals surface area (Å²) in [6.45, 7) is 3.72. The second-order valence-corrected chi connectivity index (χ2v) is 21.5. The van der Waals surface area contributed by atoms with Gasteiger partial charge in [0, 0.05) is 6.42 Å². The summed E-state index contributed by atoms with van der Waals surface area (Å²) in [6.07, 6.45) is 70.8. The van der Waals surface area contributed by atoms with E-state index in [9.17, 15) is 30.3 Å². The first kappa shape index (κ1) is 70.4. The number of allylic oxidation sites excluding steroid dienone is 14. The van der Waals surface area contributed by atoms with Gasteiger partial charge in [-0.15, -0.1) is 0 Å². The summed E-state index contributed by atoms with van der Waals surface area (Å²) in [6, 6.07) is -0.719. The van der Waals surface area contributed by atoms with Gasteiger partial charge in [-0.25, -0.2) is 0 Å². The average Bonchev–Trinajstić information content (AvgIpc) is 3.41. The molecule has 434 valence electrons. The Morgan fingerprint density at radius 1 is 0.467 bits per heavy atom. The van der Waals surface area contributed by atoms with Crippen LogP contribution in [0.3, 0.4) is 0 Å². The highest BCUT2D eigenvalue weighted by molar-refractivity contribution is 5.76. The largest absolute Gasteiger partial charge is 0.394 e. The Morgan fingerprint density at radius 2 is 0.827 bits per heavy atom. The minimum Gasteiger partial charge on any atom is -0.394 e. The van der Waals surface area contributed by atoms with Crippen molar-refractivity contribution >= 4 is 5.91 Å². The van der Waals surface area contributed by atoms with Crippen LogP contribution in [0.5, 0.6) is 0 Å². The number of amides is 1. The van der Waals surface area contributed by atoms with E-state index in [1.54, 1.807) is 0 Å². The molecule has 6 N–H and O–H groups in total. The number of carbonyl (C=O) groups is 1. The highest BCUT2D eigenvalue weighted by atomic mass is 16.7. The summed E-state index contributed by atoms with van der Waals surface area (Å²) in [7, 11) is 0. The fourth-order valence-electron chi connectivity index (χ4n) is 9.61. The standard InChI is InChI=1S/C66H117NO8/c1-3-5-7-9-11-13-15-16-17-18-19-20-21-22-23-24-25-26-27-28-29-30-31-32-33-34-35-36-37-38-39-40-41-42-43-44-46-48-50-52-54-56-62(70)67-59(58-74-66-65(73)64(72)63(71)61(57-68)75-66)60(69)55-53-51-49-47-45-14-12-10-8-6-4-2/h5,7,11,13,16-17,19-20,22-23,25-26,28-29,59-61,63-66,68-69,71-73H,3-4,6,8-10,12,14-15,18,21,24,27,30-58H2,1-2H3,(H,67,70)/b7-5-,13-11-,17-16-,20-19-,23-22-,26-25-,29-28-. The average molecular weight is 1050 g/mol. The van der Waals surface area contributed by atoms with E-state index in [2.05, 4.69) is 104 Å². The van der Waals surface area contributed by atoms with E-state index in [1.165, 1.54) is 161 Å². The van der Waals surface area contributed by atoms with E-state index in [1.807, 2.05) is 0 Å². The topological polar surface area (TPSA) is 149 Å². The number of aliphatic hydroxyl groups is 5. The number of hydrogen-bond acceptors (Lipinski definition) is 8. The first-order chi connectivity index (χ1) is 36.8. The van der Waals surface area contributed by atoms with Crippen molar-refractivity contribution in [1.82, 2.24) is 5.32 Å². The molecule has 1 heterocycles. The molecule has 1 fully saturated rings. The summed E-state index contributed by atoms with van der Waals surface area (Å²) in [5.41, 5.74) is 0. The summed E-state index contributed by atoms with van der Waals surface area (Å²) < 4.78 is 11.3. The number of aliphatic hydroxyl groups excluding tert-OH is 5. The third kappa shape index (κ3) is 44.0. The molecule has 1 amide bonds. The van der Waals surface area contributed by atoms with Gasteiger partial charge in [0.05, 0.1) is 25.4 Å². The smallest absolute Gasteiger partial charge is 0.220 e. The van der Waals surface area contributed by atoms with Gasteiger partial charge in [-0.2, -0.15) is 0 Å². The van der Waals surface area contributed by atoms with Crippen molar-refractivity contribution in [3.63, 3.8) is 0 Å². The third-order valence-electron chi connectivity index (χ3n) is 14.5. The summed E-state index contributed by atoms with van der Waals surface area (Å²) in [5.74, 6) is -0.144. The van der Waals surface area contributed by atoms with Crippen LogP contribution in [-0.2, 0) is 14.3 Å². The van der Waals surface area contributed by atoms with Crippen molar-refractivity contribution in [2.45, 2.75) is 314 Å². The Labute approximate surface area is 461 Å². The maximum Gasteiger partial charge on any atom is 0.220 e. The molecule has 0 aliphatic carbocycles. The minimum absolute atomic E-state index is 0.138. The fraction of sp³-hybridized carbons (Fsp3) is 0.773. The Balaban J connectivity index is 2.03. The quantitative estimate of drug-likeness (QED) is 0.0261. The highest BCUT2D eigenvalue weighted by Gasteiger charge is 2.44. The number of hydrogen-bond donors (Lipinski definition) is 6. The zero-order valence-electron chi connectivity index (χ0n) is 48.3. The van der Waals surface area contributed by atoms with Gasteiger partial charge in [-0.3, -0.25) is 4.79 Å². The molecule has 7 unspecified atom stereocenters. The Bertz CT molecular complexity index is 1450. The lowest BCUT2D eigenvalue weighted by Crippen LogP contribution is -2.60. The summed E-state index contributed by atoms with van der Waals surface area (Å²) in [4.78, 5) is 13.1. The van der Waals surface area contributed by atoms with Crippen molar-refractivity contribution in [2.24, 2.45) is 0 Å². The van der Waals surface area contributed by atoms with Gasteiger partial charge in [0.25, 0.3) is 0 Å². The first-order valence-electron chi connectivity index (χ1n) is 31.3. The van der Waals surface area contributed by atoms with E-state index >= 15 is 0 Å². The Kier molecular flexibility index (Phi) is 51.3. The van der Waals surface area contributed by atoms with Crippen LogP contribution in [0.25, 0.3) is 0 Å². The molecule has 0 aromatic heterocycles. The lowest BCUT2D eigenvalue weighted by molar-refractivity contribution is -0.302. The van der Waals surface area contributed by atoms with Crippen LogP contribution in [0.15, 0.2) is 85.1 Å². The molecule has 1 aliphatic heterocycles. The van der Waals surface area contributed by atoms with Crippen LogP contribution >= 0.6 is 0 Å². The molecular formula is C66H117NO8. The number of unbranched alkanes of at least 4 members (excludes halogenated alkanes) is 29. The molecular weight excluding hydrogens is 935 g/mol. The van der Waals surface area contributed by atoms with Gasteiger partial charge in [0.15, 0.2) is 6.29 Å². The maximum absolute atomic E-state index is 13.1. The molecule has 7 atom stereocenters. The van der Waals surface area contributed by atoms with Crippen molar-refractivity contribution in [3.8, 4) is 0 Å². The Morgan fingerprint density at radius 3 is 1.23 bits per heavy atom. The molecule has 0 radical (unpaired) electrons. The summed E-state index contributed by atoms with van der Waals surface area (Å²) >= 11 is 0. The number of nitrogens with one attached hydrogen (secondary N) is 1. The van der Waals surface area contributed by atoms with Gasteiger partial charge < -0.3 is 40.3 Å². The molecule has 1 aliphatic rings. The normalized spacial score (nSPS) is 19.5. The van der Waals surface area contributed by atoms with E-state index in [0.717, 1.165) is 83.5 Å². The SMILES string of the molecule is CC/C=C\C/C=C\C/C=C\C/C=C\C/C=C\C/C=C\C/C=C\CCCCCCCCCCCCCCCCCCCCCC(=O)NC(COC1OC(CO)C(O)C(O)C1O)C(O)CCCCCCCCCCCCC. The van der Waals surface area contributed by atoms with E-state index in [-0.39, 0.29) is 12.5 Å². The third-order valence-corrected chi connectivity index (χ3v) is 14.5. The van der Waals surface area contributed by atoms with E-state index in [0.29, 0.717) is 12.8 Å². The predicted molar refractivity (Wildman–Crippen MR) is 318 cm³/mol. The zero-order valence-corrected chi connectivity index (χ0v) is 48.3. The van der Waals surface area contributed by atoms with Crippen molar-refractivity contribution < 1.29 is 39.8 Å². The second-order valence-electron chi connectivity index (χ2n) is 21.5. The molecule has 0 saturated carbocycles. The van der Waals surface area contributed by atoms with Crippen LogP contribution in [0.2, 0.25) is 0 Å². The van der Waals surface area contributed by atoms with Crippen molar-refractivity contribution in [3.05, 3.63) is 85.1 Å². The lowest BCUT2D eigenvalue weighted by atomic mass is 9.99. The number of rotatable bonds is 53. The second kappa shape index (κ2) is 54.7. The first-order valence-corrected chi connectivity index (χ1v) is 31.3. The summed E-state index contributed by atoms with van der Waals surface area (Å²) in [5, 5.41) is 54.5. The molecule has 1 rings (SSSR count). The highest BCUT2D eigenvalue weighted by Crippen LogP contribution is 2.23.